The van der Waals surface area contributed by atoms with E-state index in [-0.39, 0.29) is 19.0 Å². The number of nitrogens with zero attached hydrogens (tertiary/aromatic N) is 3. The highest BCUT2D eigenvalue weighted by Gasteiger charge is 2.49. The number of methoxy groups -OCH3 is 1. The third kappa shape index (κ3) is 2.94. The Hall–Kier alpha value is -2.93. The molecule has 2 unspecified atom stereocenters. The van der Waals surface area contributed by atoms with Crippen molar-refractivity contribution in [2.45, 2.75) is 11.6 Å². The molecule has 140 valence electrons. The Morgan fingerprint density at radius 2 is 2.15 bits per heavy atom. The van der Waals surface area contributed by atoms with E-state index in [4.69, 9.17) is 4.74 Å². The van der Waals surface area contributed by atoms with Crippen molar-refractivity contribution in [3.8, 4) is 5.75 Å². The molecule has 3 aromatic rings. The number of carbonyl (C=O) groups is 1. The first kappa shape index (κ1) is 17.5. The maximum absolute atomic E-state index is 15.4. The van der Waals surface area contributed by atoms with Crippen LogP contribution in [0.2, 0.25) is 0 Å². The number of imidazole rings is 1. The van der Waals surface area contributed by atoms with E-state index >= 15 is 4.39 Å². The summed E-state index contributed by atoms with van der Waals surface area (Å²) in [6.45, 7) is -0.602. The van der Waals surface area contributed by atoms with Gasteiger partial charge in [0.1, 0.15) is 17.1 Å². The zero-order chi connectivity index (χ0) is 19.0. The average molecular weight is 369 g/mol. The Bertz CT molecular complexity index is 975. The lowest BCUT2D eigenvalue weighted by molar-refractivity contribution is 0.0572. The fraction of sp³-hybridized carbons (Fsp3) is 0.300. The van der Waals surface area contributed by atoms with Gasteiger partial charge in [0.2, 0.25) is 0 Å². The van der Waals surface area contributed by atoms with Gasteiger partial charge in [-0.3, -0.25) is 9.20 Å². The molecular formula is C20H20FN3O3. The van der Waals surface area contributed by atoms with Crippen LogP contribution in [0, 0.1) is 0 Å². The summed E-state index contributed by atoms with van der Waals surface area (Å²) in [5.74, 6) is -0.256. The summed E-state index contributed by atoms with van der Waals surface area (Å²) < 4.78 is 22.2. The molecule has 1 aromatic carbocycles. The molecule has 1 aliphatic heterocycles. The van der Waals surface area contributed by atoms with Gasteiger partial charge < -0.3 is 14.7 Å². The minimum atomic E-state index is -1.87. The van der Waals surface area contributed by atoms with Crippen molar-refractivity contribution in [1.29, 1.82) is 0 Å². The van der Waals surface area contributed by atoms with Crippen LogP contribution in [0.3, 0.4) is 0 Å². The Labute approximate surface area is 155 Å². The van der Waals surface area contributed by atoms with Crippen LogP contribution in [0.1, 0.15) is 22.0 Å². The Morgan fingerprint density at radius 3 is 2.85 bits per heavy atom. The van der Waals surface area contributed by atoms with E-state index < -0.39 is 18.2 Å². The number of rotatable bonds is 4. The second-order valence-electron chi connectivity index (χ2n) is 6.78. The first-order chi connectivity index (χ1) is 13.1. The van der Waals surface area contributed by atoms with Gasteiger partial charge in [0.25, 0.3) is 5.91 Å². The number of ether oxygens (including phenoxy) is 1. The second kappa shape index (κ2) is 6.66. The molecule has 1 N–H and O–H groups in total. The number of fused-ring (bicyclic) bond motifs is 1. The van der Waals surface area contributed by atoms with Crippen molar-refractivity contribution in [2.75, 3.05) is 26.8 Å². The topological polar surface area (TPSA) is 67.1 Å². The second-order valence-corrected chi connectivity index (χ2v) is 6.78. The molecule has 1 aliphatic rings. The van der Waals surface area contributed by atoms with Crippen LogP contribution in [0.4, 0.5) is 4.39 Å². The zero-order valence-electron chi connectivity index (χ0n) is 14.9. The summed E-state index contributed by atoms with van der Waals surface area (Å²) in [5.41, 5.74) is -0.181. The van der Waals surface area contributed by atoms with Crippen LogP contribution in [0.25, 0.3) is 5.65 Å². The van der Waals surface area contributed by atoms with E-state index in [2.05, 4.69) is 4.98 Å². The number of hydrogen-bond donors (Lipinski definition) is 1. The maximum atomic E-state index is 15.4. The standard InChI is InChI=1S/C20H20FN3O3/c1-27-15-7-8-24-17(10-22-18(24)9-15)19(26)23-11-16(20(21,12-23)13-25)14-5-3-2-4-6-14/h2-10,16,25H,11-13H2,1H3. The monoisotopic (exact) mass is 369 g/mol. The van der Waals surface area contributed by atoms with Crippen LogP contribution in [0.5, 0.6) is 5.75 Å². The van der Waals surface area contributed by atoms with Gasteiger partial charge in [0.15, 0.2) is 5.67 Å². The van der Waals surface area contributed by atoms with Crippen molar-refractivity contribution in [1.82, 2.24) is 14.3 Å². The van der Waals surface area contributed by atoms with Gasteiger partial charge in [0.05, 0.1) is 26.5 Å². The summed E-state index contributed by atoms with van der Waals surface area (Å²) in [6, 6.07) is 12.6. The molecule has 1 amide bonds. The minimum absolute atomic E-state index is 0.161. The quantitative estimate of drug-likeness (QED) is 0.766. The van der Waals surface area contributed by atoms with Crippen LogP contribution < -0.4 is 4.74 Å². The lowest BCUT2D eigenvalue weighted by Gasteiger charge is -2.23. The molecule has 1 saturated heterocycles. The highest BCUT2D eigenvalue weighted by atomic mass is 19.1. The number of halogens is 1. The Balaban J connectivity index is 1.65. The molecule has 3 heterocycles. The van der Waals surface area contributed by atoms with E-state index in [1.54, 1.807) is 29.8 Å². The number of benzene rings is 1. The van der Waals surface area contributed by atoms with Gasteiger partial charge in [0, 0.05) is 24.7 Å². The van der Waals surface area contributed by atoms with Crippen molar-refractivity contribution in [2.24, 2.45) is 0 Å². The zero-order valence-corrected chi connectivity index (χ0v) is 14.9. The largest absolute Gasteiger partial charge is 0.497 e. The van der Waals surface area contributed by atoms with Crippen LogP contribution in [0.15, 0.2) is 54.9 Å². The van der Waals surface area contributed by atoms with Gasteiger partial charge in [-0.2, -0.15) is 0 Å². The first-order valence-corrected chi connectivity index (χ1v) is 8.71. The van der Waals surface area contributed by atoms with E-state index in [1.165, 1.54) is 11.1 Å². The van der Waals surface area contributed by atoms with Gasteiger partial charge >= 0.3 is 0 Å². The number of pyridine rings is 1. The van der Waals surface area contributed by atoms with Crippen LogP contribution in [-0.2, 0) is 0 Å². The number of alkyl halides is 1. The molecule has 4 rings (SSSR count). The van der Waals surface area contributed by atoms with Crippen molar-refractivity contribution >= 4 is 11.6 Å². The molecule has 1 fully saturated rings. The lowest BCUT2D eigenvalue weighted by Crippen LogP contribution is -2.37. The summed E-state index contributed by atoms with van der Waals surface area (Å²) in [5, 5.41) is 9.67. The van der Waals surface area contributed by atoms with Gasteiger partial charge in [-0.05, 0) is 11.6 Å². The van der Waals surface area contributed by atoms with E-state index in [0.717, 1.165) is 5.56 Å². The number of amides is 1. The predicted octanol–water partition coefficient (Wildman–Crippen LogP) is 2.28. The third-order valence-corrected chi connectivity index (χ3v) is 5.17. The predicted molar refractivity (Wildman–Crippen MR) is 97.8 cm³/mol. The highest BCUT2D eigenvalue weighted by molar-refractivity contribution is 5.93. The average Bonchev–Trinajstić information content (AvgIpc) is 3.29. The number of hydrogen-bond acceptors (Lipinski definition) is 4. The van der Waals surface area contributed by atoms with Crippen molar-refractivity contribution in [3.05, 3.63) is 66.1 Å². The molecule has 6 nitrogen and oxygen atoms in total. The molecule has 2 aromatic heterocycles. The fourth-order valence-electron chi connectivity index (χ4n) is 3.69. The van der Waals surface area contributed by atoms with Crippen molar-refractivity contribution < 1.29 is 19.0 Å². The molecule has 7 heteroatoms. The van der Waals surface area contributed by atoms with E-state index in [0.29, 0.717) is 17.1 Å². The molecule has 27 heavy (non-hydrogen) atoms. The lowest BCUT2D eigenvalue weighted by atomic mass is 9.87. The van der Waals surface area contributed by atoms with E-state index in [1.807, 2.05) is 30.3 Å². The molecule has 2 atom stereocenters. The number of likely N-dealkylation sites (tertiary alicyclic amines) is 1. The number of aromatic nitrogens is 2. The van der Waals surface area contributed by atoms with Crippen LogP contribution >= 0.6 is 0 Å². The SMILES string of the molecule is COc1ccn2c(C(=O)N3CC(c4ccccc4)C(F)(CO)C3)cnc2c1. The first-order valence-electron chi connectivity index (χ1n) is 8.71. The fourth-order valence-corrected chi connectivity index (χ4v) is 3.69. The normalized spacial score (nSPS) is 22.3. The summed E-state index contributed by atoms with van der Waals surface area (Å²) in [7, 11) is 1.56. The third-order valence-electron chi connectivity index (χ3n) is 5.17. The summed E-state index contributed by atoms with van der Waals surface area (Å²) in [6.07, 6.45) is 3.18. The van der Waals surface area contributed by atoms with Gasteiger partial charge in [-0.1, -0.05) is 30.3 Å². The van der Waals surface area contributed by atoms with Gasteiger partial charge in [-0.15, -0.1) is 0 Å². The molecule has 0 spiro atoms. The van der Waals surface area contributed by atoms with Gasteiger partial charge in [-0.25, -0.2) is 9.37 Å². The number of aliphatic hydroxyl groups excluding tert-OH is 1. The van der Waals surface area contributed by atoms with Crippen molar-refractivity contribution in [3.63, 3.8) is 0 Å². The number of aliphatic hydroxyl groups is 1. The highest BCUT2D eigenvalue weighted by Crippen LogP contribution is 2.39. The number of carbonyl (C=O) groups excluding carboxylic acids is 1. The van der Waals surface area contributed by atoms with E-state index in [9.17, 15) is 9.90 Å². The minimum Gasteiger partial charge on any atom is -0.497 e. The summed E-state index contributed by atoms with van der Waals surface area (Å²) >= 11 is 0. The Kier molecular flexibility index (Phi) is 4.31. The molecule has 0 bridgehead atoms. The van der Waals surface area contributed by atoms with Crippen LogP contribution in [-0.4, -0.2) is 57.8 Å². The summed E-state index contributed by atoms with van der Waals surface area (Å²) in [4.78, 5) is 18.7. The molecule has 0 saturated carbocycles. The smallest absolute Gasteiger partial charge is 0.272 e. The Morgan fingerprint density at radius 1 is 1.37 bits per heavy atom. The molecule has 0 aliphatic carbocycles. The molecule has 0 radical (unpaired) electrons. The molecular weight excluding hydrogens is 349 g/mol. The maximum Gasteiger partial charge on any atom is 0.272 e.